The fraction of sp³-hybridized carbons (Fsp3) is 0.667. The van der Waals surface area contributed by atoms with Crippen molar-refractivity contribution < 1.29 is 24.0 Å². The van der Waals surface area contributed by atoms with Gasteiger partial charge in [0.1, 0.15) is 0 Å². The number of carbonyl (C=O) groups is 3. The second-order valence-corrected chi connectivity index (χ2v) is 5.37. The first-order valence-corrected chi connectivity index (χ1v) is 5.40. The largest absolute Gasteiger partial charge is 0.456 e. The molecule has 0 saturated carbocycles. The van der Waals surface area contributed by atoms with Gasteiger partial charge in [0.15, 0.2) is 24.1 Å². The number of esters is 1. The summed E-state index contributed by atoms with van der Waals surface area (Å²) in [5.74, 6) is -3.89. The van der Waals surface area contributed by atoms with Gasteiger partial charge in [0.2, 0.25) is 0 Å². The fourth-order valence-electron chi connectivity index (χ4n) is 0.957. The first kappa shape index (κ1) is 15.7. The second kappa shape index (κ2) is 5.85. The maximum absolute atomic E-state index is 11.4. The number of hydrogen-bond acceptors (Lipinski definition) is 6. The standard InChI is InChI=1S/C9H12BrNO6/c1-5(12)7(6(2)13)8(14)17-4-9(3,10)11(15)16/h7H,4H2,1-3H3. The van der Waals surface area contributed by atoms with Crippen LogP contribution >= 0.6 is 15.9 Å². The molecule has 0 aliphatic rings. The van der Waals surface area contributed by atoms with Gasteiger partial charge in [-0.25, -0.2) is 0 Å². The lowest BCUT2D eigenvalue weighted by Crippen LogP contribution is -2.37. The van der Waals surface area contributed by atoms with Crippen molar-refractivity contribution in [1.29, 1.82) is 0 Å². The van der Waals surface area contributed by atoms with E-state index < -0.39 is 39.4 Å². The van der Waals surface area contributed by atoms with Crippen molar-refractivity contribution in [3.8, 4) is 0 Å². The zero-order valence-electron chi connectivity index (χ0n) is 9.56. The van der Waals surface area contributed by atoms with E-state index in [-0.39, 0.29) is 0 Å². The van der Waals surface area contributed by atoms with E-state index in [0.29, 0.717) is 0 Å². The number of ether oxygens (including phenoxy) is 1. The Labute approximate surface area is 106 Å². The van der Waals surface area contributed by atoms with Gasteiger partial charge in [-0.15, -0.1) is 0 Å². The normalized spacial score (nSPS) is 13.9. The van der Waals surface area contributed by atoms with Crippen LogP contribution in [0.4, 0.5) is 0 Å². The van der Waals surface area contributed by atoms with Crippen molar-refractivity contribution in [3.63, 3.8) is 0 Å². The van der Waals surface area contributed by atoms with Crippen molar-refractivity contribution in [3.05, 3.63) is 10.1 Å². The number of nitro groups is 1. The van der Waals surface area contributed by atoms with Gasteiger partial charge in [-0.05, 0) is 13.8 Å². The predicted octanol–water partition coefficient (Wildman–Crippen LogP) is 0.712. The third-order valence-electron chi connectivity index (χ3n) is 1.91. The zero-order chi connectivity index (χ0) is 13.8. The second-order valence-electron chi connectivity index (χ2n) is 3.66. The number of Topliss-reactive ketones (excluding diaryl/α,β-unsaturated/α-hetero) is 2. The molecule has 1 atom stereocenters. The van der Waals surface area contributed by atoms with Gasteiger partial charge in [-0.3, -0.25) is 24.5 Å². The first-order valence-electron chi connectivity index (χ1n) is 4.60. The van der Waals surface area contributed by atoms with Gasteiger partial charge in [0.25, 0.3) is 0 Å². The van der Waals surface area contributed by atoms with Crippen LogP contribution in [-0.4, -0.2) is 33.5 Å². The zero-order valence-corrected chi connectivity index (χ0v) is 11.1. The molecule has 0 aromatic rings. The molecule has 17 heavy (non-hydrogen) atoms. The van der Waals surface area contributed by atoms with Crippen LogP contribution in [0.1, 0.15) is 20.8 Å². The van der Waals surface area contributed by atoms with E-state index in [1.165, 1.54) is 6.92 Å². The number of halogens is 1. The monoisotopic (exact) mass is 309 g/mol. The molecule has 0 N–H and O–H groups in total. The van der Waals surface area contributed by atoms with Gasteiger partial charge in [0.05, 0.1) is 0 Å². The number of nitrogens with zero attached hydrogens (tertiary/aromatic N) is 1. The molecule has 96 valence electrons. The molecular formula is C9H12BrNO6. The van der Waals surface area contributed by atoms with Gasteiger partial charge >= 0.3 is 10.4 Å². The summed E-state index contributed by atoms with van der Waals surface area (Å²) in [4.78, 5) is 43.2. The minimum Gasteiger partial charge on any atom is -0.456 e. The highest BCUT2D eigenvalue weighted by Gasteiger charge is 2.38. The molecule has 0 aromatic heterocycles. The molecular weight excluding hydrogens is 298 g/mol. The summed E-state index contributed by atoms with van der Waals surface area (Å²) in [5, 5.41) is 10.5. The molecule has 0 aliphatic heterocycles. The van der Waals surface area contributed by atoms with Crippen LogP contribution in [0.5, 0.6) is 0 Å². The molecule has 1 unspecified atom stereocenters. The van der Waals surface area contributed by atoms with Gasteiger partial charge in [-0.2, -0.15) is 0 Å². The number of alkyl halides is 1. The Balaban J connectivity index is 4.60. The summed E-state index contributed by atoms with van der Waals surface area (Å²) in [6.45, 7) is 2.77. The van der Waals surface area contributed by atoms with E-state index >= 15 is 0 Å². The summed E-state index contributed by atoms with van der Waals surface area (Å²) in [6.07, 6.45) is 0. The predicted molar refractivity (Wildman–Crippen MR) is 60.1 cm³/mol. The quantitative estimate of drug-likeness (QED) is 0.179. The van der Waals surface area contributed by atoms with Crippen molar-refractivity contribution >= 4 is 33.5 Å². The molecule has 0 aliphatic carbocycles. The summed E-state index contributed by atoms with van der Waals surface area (Å²) in [6, 6.07) is 0. The summed E-state index contributed by atoms with van der Waals surface area (Å²) in [5.41, 5.74) is 0. The highest BCUT2D eigenvalue weighted by molar-refractivity contribution is 9.10. The lowest BCUT2D eigenvalue weighted by Gasteiger charge is -2.15. The topological polar surface area (TPSA) is 104 Å². The number of rotatable bonds is 6. The number of carbonyl (C=O) groups excluding carboxylic acids is 3. The number of hydrogen-bond donors (Lipinski definition) is 0. The third-order valence-corrected chi connectivity index (χ3v) is 2.43. The molecule has 0 fully saturated rings. The molecule has 0 radical (unpaired) electrons. The molecule has 0 saturated heterocycles. The van der Waals surface area contributed by atoms with E-state index in [4.69, 9.17) is 0 Å². The summed E-state index contributed by atoms with van der Waals surface area (Å²) in [7, 11) is 0. The van der Waals surface area contributed by atoms with E-state index in [9.17, 15) is 24.5 Å². The molecule has 0 heterocycles. The van der Waals surface area contributed by atoms with E-state index in [1.807, 2.05) is 0 Å². The summed E-state index contributed by atoms with van der Waals surface area (Å²) >= 11 is 2.75. The Hall–Kier alpha value is -1.31. The van der Waals surface area contributed by atoms with Gasteiger partial charge in [-0.1, -0.05) is 0 Å². The Morgan fingerprint density at radius 3 is 2.06 bits per heavy atom. The van der Waals surface area contributed by atoms with Gasteiger partial charge in [0, 0.05) is 27.8 Å². The maximum Gasteiger partial charge on any atom is 0.324 e. The number of ketones is 2. The Kier molecular flexibility index (Phi) is 5.40. The third kappa shape index (κ3) is 4.59. The van der Waals surface area contributed by atoms with Gasteiger partial charge < -0.3 is 4.74 Å². The highest BCUT2D eigenvalue weighted by atomic mass is 79.9. The lowest BCUT2D eigenvalue weighted by molar-refractivity contribution is -0.533. The Morgan fingerprint density at radius 1 is 1.35 bits per heavy atom. The van der Waals surface area contributed by atoms with E-state index in [0.717, 1.165) is 13.8 Å². The highest BCUT2D eigenvalue weighted by Crippen LogP contribution is 2.18. The molecule has 0 amide bonds. The maximum atomic E-state index is 11.4. The smallest absolute Gasteiger partial charge is 0.324 e. The first-order chi connectivity index (χ1) is 7.59. The minimum absolute atomic E-state index is 0.574. The van der Waals surface area contributed by atoms with Crippen molar-refractivity contribution in [2.24, 2.45) is 5.92 Å². The molecule has 0 rings (SSSR count). The summed E-state index contributed by atoms with van der Waals surface area (Å²) < 4.78 is 2.95. The average molecular weight is 310 g/mol. The van der Waals surface area contributed by atoms with Crippen LogP contribution in [0.3, 0.4) is 0 Å². The Morgan fingerprint density at radius 2 is 1.76 bits per heavy atom. The molecule has 7 nitrogen and oxygen atoms in total. The van der Waals surface area contributed by atoms with E-state index in [2.05, 4.69) is 20.7 Å². The van der Waals surface area contributed by atoms with Crippen LogP contribution in [0.15, 0.2) is 0 Å². The molecule has 0 spiro atoms. The van der Waals surface area contributed by atoms with Crippen molar-refractivity contribution in [2.45, 2.75) is 25.2 Å². The molecule has 8 heteroatoms. The fourth-order valence-corrected chi connectivity index (χ4v) is 1.07. The van der Waals surface area contributed by atoms with Crippen LogP contribution in [0.25, 0.3) is 0 Å². The van der Waals surface area contributed by atoms with Crippen LogP contribution in [0.2, 0.25) is 0 Å². The Bertz CT molecular complexity index is 350. The van der Waals surface area contributed by atoms with Crippen molar-refractivity contribution in [2.75, 3.05) is 6.61 Å². The van der Waals surface area contributed by atoms with Crippen LogP contribution in [0, 0.1) is 16.0 Å². The lowest BCUT2D eigenvalue weighted by atomic mass is 10.0. The van der Waals surface area contributed by atoms with E-state index in [1.54, 1.807) is 0 Å². The van der Waals surface area contributed by atoms with Crippen molar-refractivity contribution in [1.82, 2.24) is 0 Å². The average Bonchev–Trinajstić information content (AvgIpc) is 2.13. The van der Waals surface area contributed by atoms with Crippen LogP contribution in [-0.2, 0) is 19.1 Å². The minimum atomic E-state index is -1.64. The molecule has 0 aromatic carbocycles. The molecule has 0 bridgehead atoms. The SMILES string of the molecule is CC(=O)C(C(C)=O)C(=O)OCC(C)(Br)[N+](=O)[O-]. The van der Waals surface area contributed by atoms with Crippen LogP contribution < -0.4 is 0 Å².